The third kappa shape index (κ3) is 5.54. The molecule has 0 aliphatic heterocycles. The van der Waals surface area contributed by atoms with Crippen molar-refractivity contribution in [3.63, 3.8) is 0 Å². The van der Waals surface area contributed by atoms with Crippen molar-refractivity contribution in [1.29, 1.82) is 0 Å². The van der Waals surface area contributed by atoms with Crippen molar-refractivity contribution in [3.05, 3.63) is 23.8 Å². The van der Waals surface area contributed by atoms with Crippen LogP contribution in [0.15, 0.2) is 18.2 Å². The van der Waals surface area contributed by atoms with Crippen LogP contribution in [0.25, 0.3) is 0 Å². The topological polar surface area (TPSA) is 68.2 Å². The summed E-state index contributed by atoms with van der Waals surface area (Å²) in [5, 5.41) is 9.10. The fraction of sp³-hybridized carbons (Fsp3) is 0.562. The predicted molar refractivity (Wildman–Crippen MR) is 83.4 cm³/mol. The van der Waals surface area contributed by atoms with Gasteiger partial charge in [0.15, 0.2) is 11.5 Å². The molecular formula is C16H25NO5. The van der Waals surface area contributed by atoms with Crippen LogP contribution in [0.5, 0.6) is 11.5 Å². The van der Waals surface area contributed by atoms with Crippen molar-refractivity contribution < 1.29 is 24.1 Å². The van der Waals surface area contributed by atoms with Crippen molar-refractivity contribution in [3.8, 4) is 11.5 Å². The van der Waals surface area contributed by atoms with Crippen LogP contribution in [-0.4, -0.2) is 63.5 Å². The number of ether oxygens (including phenoxy) is 3. The summed E-state index contributed by atoms with van der Waals surface area (Å²) in [6.07, 6.45) is 1.00. The van der Waals surface area contributed by atoms with Crippen LogP contribution >= 0.6 is 0 Å². The summed E-state index contributed by atoms with van der Waals surface area (Å²) in [6.45, 7) is 1.44. The number of carbonyl (C=O) groups is 1. The minimum Gasteiger partial charge on any atom is -0.493 e. The average molecular weight is 311 g/mol. The minimum absolute atomic E-state index is 0.0302. The van der Waals surface area contributed by atoms with E-state index in [1.54, 1.807) is 38.4 Å². The van der Waals surface area contributed by atoms with Gasteiger partial charge in [-0.15, -0.1) is 0 Å². The molecule has 0 atom stereocenters. The van der Waals surface area contributed by atoms with Crippen molar-refractivity contribution in [2.75, 3.05) is 47.6 Å². The number of hydrogen-bond acceptors (Lipinski definition) is 5. The maximum Gasteiger partial charge on any atom is 0.227 e. The second-order valence-electron chi connectivity index (χ2n) is 4.82. The second kappa shape index (κ2) is 10.0. The fourth-order valence-electron chi connectivity index (χ4n) is 2.16. The second-order valence-corrected chi connectivity index (χ2v) is 4.82. The number of aliphatic hydroxyl groups excluding tert-OH is 1. The zero-order valence-electron chi connectivity index (χ0n) is 13.5. The molecule has 0 aromatic heterocycles. The molecular weight excluding hydrogens is 286 g/mol. The van der Waals surface area contributed by atoms with Gasteiger partial charge in [-0.05, 0) is 24.1 Å². The lowest BCUT2D eigenvalue weighted by Gasteiger charge is -2.22. The Bertz CT molecular complexity index is 464. The van der Waals surface area contributed by atoms with Gasteiger partial charge in [-0.3, -0.25) is 4.79 Å². The highest BCUT2D eigenvalue weighted by atomic mass is 16.5. The summed E-state index contributed by atoms with van der Waals surface area (Å²) in [7, 11) is 4.76. The monoisotopic (exact) mass is 311 g/mol. The van der Waals surface area contributed by atoms with E-state index in [0.717, 1.165) is 12.0 Å². The van der Waals surface area contributed by atoms with E-state index in [1.165, 1.54) is 0 Å². The SMILES string of the molecule is COCCCN(CCO)C(=O)Cc1ccc(OC)c(OC)c1. The third-order valence-corrected chi connectivity index (χ3v) is 3.30. The number of aliphatic hydroxyl groups is 1. The number of benzene rings is 1. The summed E-state index contributed by atoms with van der Waals surface area (Å²) in [5.74, 6) is 1.20. The number of methoxy groups -OCH3 is 3. The van der Waals surface area contributed by atoms with Crippen LogP contribution in [0.4, 0.5) is 0 Å². The lowest BCUT2D eigenvalue weighted by atomic mass is 10.1. The van der Waals surface area contributed by atoms with Gasteiger partial charge in [-0.25, -0.2) is 0 Å². The zero-order chi connectivity index (χ0) is 16.4. The van der Waals surface area contributed by atoms with Crippen LogP contribution in [0.2, 0.25) is 0 Å². The number of hydrogen-bond donors (Lipinski definition) is 1. The Morgan fingerprint density at radius 3 is 2.45 bits per heavy atom. The predicted octanol–water partition coefficient (Wildman–Crippen LogP) is 1.10. The molecule has 0 spiro atoms. The van der Waals surface area contributed by atoms with E-state index < -0.39 is 0 Å². The molecule has 6 heteroatoms. The Balaban J connectivity index is 2.71. The van der Waals surface area contributed by atoms with E-state index in [2.05, 4.69) is 0 Å². The molecule has 0 fully saturated rings. The smallest absolute Gasteiger partial charge is 0.227 e. The summed E-state index contributed by atoms with van der Waals surface area (Å²) >= 11 is 0. The zero-order valence-corrected chi connectivity index (χ0v) is 13.5. The van der Waals surface area contributed by atoms with Crippen molar-refractivity contribution in [2.45, 2.75) is 12.8 Å². The Hall–Kier alpha value is -1.79. The molecule has 0 saturated carbocycles. The van der Waals surface area contributed by atoms with E-state index in [0.29, 0.717) is 31.2 Å². The first-order valence-corrected chi connectivity index (χ1v) is 7.24. The summed E-state index contributed by atoms with van der Waals surface area (Å²) in [6, 6.07) is 5.41. The average Bonchev–Trinajstić information content (AvgIpc) is 2.54. The minimum atomic E-state index is -0.0509. The molecule has 1 amide bonds. The van der Waals surface area contributed by atoms with Crippen molar-refractivity contribution >= 4 is 5.91 Å². The molecule has 6 nitrogen and oxygen atoms in total. The standard InChI is InChI=1S/C16H25NO5/c1-20-10-4-7-17(8-9-18)16(19)12-13-5-6-14(21-2)15(11-13)22-3/h5-6,11,18H,4,7-10,12H2,1-3H3. The molecule has 0 bridgehead atoms. The lowest BCUT2D eigenvalue weighted by molar-refractivity contribution is -0.131. The molecule has 0 heterocycles. The third-order valence-electron chi connectivity index (χ3n) is 3.30. The number of nitrogens with zero attached hydrogens (tertiary/aromatic N) is 1. The highest BCUT2D eigenvalue weighted by Crippen LogP contribution is 2.27. The number of rotatable bonds is 10. The molecule has 1 aromatic carbocycles. The molecule has 0 unspecified atom stereocenters. The van der Waals surface area contributed by atoms with Gasteiger partial charge in [-0.2, -0.15) is 0 Å². The maximum absolute atomic E-state index is 12.4. The first-order valence-electron chi connectivity index (χ1n) is 7.24. The van der Waals surface area contributed by atoms with Gasteiger partial charge in [-0.1, -0.05) is 6.07 Å². The Morgan fingerprint density at radius 1 is 1.14 bits per heavy atom. The normalized spacial score (nSPS) is 10.4. The molecule has 0 saturated heterocycles. The molecule has 22 heavy (non-hydrogen) atoms. The van der Waals surface area contributed by atoms with Crippen molar-refractivity contribution in [1.82, 2.24) is 4.90 Å². The largest absolute Gasteiger partial charge is 0.493 e. The van der Waals surface area contributed by atoms with Gasteiger partial charge in [0.05, 0.1) is 27.2 Å². The van der Waals surface area contributed by atoms with Crippen LogP contribution in [0, 0.1) is 0 Å². The Labute approximate surface area is 131 Å². The number of amides is 1. The Kier molecular flexibility index (Phi) is 8.32. The quantitative estimate of drug-likeness (QED) is 0.656. The number of carbonyl (C=O) groups excluding carboxylic acids is 1. The molecule has 124 valence electrons. The van der Waals surface area contributed by atoms with Crippen LogP contribution in [-0.2, 0) is 16.0 Å². The van der Waals surface area contributed by atoms with Gasteiger partial charge in [0.1, 0.15) is 0 Å². The van der Waals surface area contributed by atoms with Gasteiger partial charge < -0.3 is 24.2 Å². The molecule has 1 aromatic rings. The first-order chi connectivity index (χ1) is 10.7. The van der Waals surface area contributed by atoms with Crippen LogP contribution in [0.1, 0.15) is 12.0 Å². The molecule has 0 aliphatic carbocycles. The van der Waals surface area contributed by atoms with Crippen LogP contribution < -0.4 is 9.47 Å². The molecule has 1 N–H and O–H groups in total. The maximum atomic E-state index is 12.4. The van der Waals surface area contributed by atoms with E-state index in [-0.39, 0.29) is 18.9 Å². The molecule has 0 radical (unpaired) electrons. The van der Waals surface area contributed by atoms with E-state index in [1.807, 2.05) is 6.07 Å². The fourth-order valence-corrected chi connectivity index (χ4v) is 2.16. The van der Waals surface area contributed by atoms with E-state index in [9.17, 15) is 4.79 Å². The van der Waals surface area contributed by atoms with Crippen LogP contribution in [0.3, 0.4) is 0 Å². The van der Waals surface area contributed by atoms with Gasteiger partial charge in [0, 0.05) is 26.8 Å². The van der Waals surface area contributed by atoms with E-state index >= 15 is 0 Å². The van der Waals surface area contributed by atoms with Gasteiger partial charge in [0.25, 0.3) is 0 Å². The summed E-state index contributed by atoms with van der Waals surface area (Å²) < 4.78 is 15.4. The highest BCUT2D eigenvalue weighted by molar-refractivity contribution is 5.79. The molecule has 1 rings (SSSR count). The lowest BCUT2D eigenvalue weighted by Crippen LogP contribution is -2.36. The Morgan fingerprint density at radius 2 is 1.86 bits per heavy atom. The first kappa shape index (κ1) is 18.3. The highest BCUT2D eigenvalue weighted by Gasteiger charge is 2.14. The van der Waals surface area contributed by atoms with Crippen molar-refractivity contribution in [2.24, 2.45) is 0 Å². The molecule has 0 aliphatic rings. The van der Waals surface area contributed by atoms with Gasteiger partial charge >= 0.3 is 0 Å². The summed E-state index contributed by atoms with van der Waals surface area (Å²) in [4.78, 5) is 14.0. The van der Waals surface area contributed by atoms with E-state index in [4.69, 9.17) is 19.3 Å². The summed E-state index contributed by atoms with van der Waals surface area (Å²) in [5.41, 5.74) is 0.845. The van der Waals surface area contributed by atoms with Gasteiger partial charge in [0.2, 0.25) is 5.91 Å².